The number of hydrogen-bond donors (Lipinski definition) is 1. The summed E-state index contributed by atoms with van der Waals surface area (Å²) in [5.41, 5.74) is 1.07. The molecule has 0 aliphatic heterocycles. The zero-order valence-corrected chi connectivity index (χ0v) is 9.71. The molecule has 0 fully saturated rings. The van der Waals surface area contributed by atoms with Crippen LogP contribution in [0.5, 0.6) is 0 Å². The smallest absolute Gasteiger partial charge is 0.141 e. The Balaban J connectivity index is 2.17. The lowest BCUT2D eigenvalue weighted by atomic mass is 10.4. The van der Waals surface area contributed by atoms with Gasteiger partial charge in [-0.1, -0.05) is 6.92 Å². The molecule has 0 aliphatic rings. The lowest BCUT2D eigenvalue weighted by Gasteiger charge is -1.96. The quantitative estimate of drug-likeness (QED) is 0.855. The van der Waals surface area contributed by atoms with E-state index in [2.05, 4.69) is 22.3 Å². The predicted molar refractivity (Wildman–Crippen MR) is 61.7 cm³/mol. The summed E-state index contributed by atoms with van der Waals surface area (Å²) in [6, 6.07) is 1.98. The van der Waals surface area contributed by atoms with Gasteiger partial charge in [-0.3, -0.25) is 4.68 Å². The van der Waals surface area contributed by atoms with Crippen LogP contribution in [-0.4, -0.2) is 21.3 Å². The summed E-state index contributed by atoms with van der Waals surface area (Å²) in [7, 11) is 1.93. The van der Waals surface area contributed by atoms with Gasteiger partial charge in [0.25, 0.3) is 0 Å². The topological polar surface area (TPSA) is 42.7 Å². The van der Waals surface area contributed by atoms with Crippen molar-refractivity contribution in [3.63, 3.8) is 0 Å². The molecule has 0 saturated carbocycles. The maximum atomic E-state index is 4.39. The van der Waals surface area contributed by atoms with Crippen LogP contribution in [0.25, 0.3) is 10.7 Å². The van der Waals surface area contributed by atoms with Gasteiger partial charge in [-0.05, 0) is 12.6 Å². The van der Waals surface area contributed by atoms with Gasteiger partial charge in [0.15, 0.2) is 0 Å². The maximum absolute atomic E-state index is 4.39. The molecule has 0 bridgehead atoms. The molecule has 2 heterocycles. The van der Waals surface area contributed by atoms with Gasteiger partial charge < -0.3 is 5.32 Å². The highest BCUT2D eigenvalue weighted by atomic mass is 32.1. The number of aryl methyl sites for hydroxylation is 1. The zero-order valence-electron chi connectivity index (χ0n) is 8.90. The van der Waals surface area contributed by atoms with Crippen molar-refractivity contribution in [3.05, 3.63) is 23.3 Å². The summed E-state index contributed by atoms with van der Waals surface area (Å²) in [6.45, 7) is 3.98. The van der Waals surface area contributed by atoms with Crippen molar-refractivity contribution in [2.24, 2.45) is 7.05 Å². The summed E-state index contributed by atoms with van der Waals surface area (Å²) in [5.74, 6) is 0. The van der Waals surface area contributed by atoms with E-state index in [-0.39, 0.29) is 0 Å². The Labute approximate surface area is 93.0 Å². The standard InChI is InChI=1S/C10H14N4S/c1-3-11-6-8-7-12-10(15-8)9-4-5-13-14(9)2/h4-5,7,11H,3,6H2,1-2H3. The monoisotopic (exact) mass is 222 g/mol. The first-order valence-corrected chi connectivity index (χ1v) is 5.76. The van der Waals surface area contributed by atoms with E-state index >= 15 is 0 Å². The van der Waals surface area contributed by atoms with Gasteiger partial charge in [0.1, 0.15) is 5.01 Å². The van der Waals surface area contributed by atoms with Crippen molar-refractivity contribution in [2.75, 3.05) is 6.54 Å². The molecule has 0 aliphatic carbocycles. The van der Waals surface area contributed by atoms with Gasteiger partial charge in [0, 0.05) is 30.9 Å². The normalized spacial score (nSPS) is 10.8. The fourth-order valence-corrected chi connectivity index (χ4v) is 2.28. The fourth-order valence-electron chi connectivity index (χ4n) is 1.34. The third-order valence-corrected chi connectivity index (χ3v) is 3.16. The van der Waals surface area contributed by atoms with Crippen molar-refractivity contribution < 1.29 is 0 Å². The van der Waals surface area contributed by atoms with Crippen LogP contribution in [-0.2, 0) is 13.6 Å². The average molecular weight is 222 g/mol. The molecule has 5 heteroatoms. The molecule has 0 unspecified atom stereocenters. The molecule has 1 N–H and O–H groups in total. The summed E-state index contributed by atoms with van der Waals surface area (Å²) < 4.78 is 1.84. The van der Waals surface area contributed by atoms with Crippen molar-refractivity contribution in [2.45, 2.75) is 13.5 Å². The van der Waals surface area contributed by atoms with Crippen LogP contribution in [0.2, 0.25) is 0 Å². The lowest BCUT2D eigenvalue weighted by Crippen LogP contribution is -2.10. The molecule has 0 radical (unpaired) electrons. The Bertz CT molecular complexity index is 432. The maximum Gasteiger partial charge on any atom is 0.141 e. The van der Waals surface area contributed by atoms with E-state index in [4.69, 9.17) is 0 Å². The number of rotatable bonds is 4. The fraction of sp³-hybridized carbons (Fsp3) is 0.400. The number of aromatic nitrogens is 3. The van der Waals surface area contributed by atoms with Crippen molar-refractivity contribution in [1.82, 2.24) is 20.1 Å². The Morgan fingerprint density at radius 3 is 3.07 bits per heavy atom. The Kier molecular flexibility index (Phi) is 3.13. The van der Waals surface area contributed by atoms with Crippen LogP contribution in [0.1, 0.15) is 11.8 Å². The Morgan fingerprint density at radius 2 is 2.40 bits per heavy atom. The van der Waals surface area contributed by atoms with Crippen LogP contribution < -0.4 is 5.32 Å². The van der Waals surface area contributed by atoms with Gasteiger partial charge in [0.2, 0.25) is 0 Å². The minimum absolute atomic E-state index is 0.895. The lowest BCUT2D eigenvalue weighted by molar-refractivity contribution is 0.734. The molecular formula is C10H14N4S. The van der Waals surface area contributed by atoms with Gasteiger partial charge >= 0.3 is 0 Å². The van der Waals surface area contributed by atoms with Crippen LogP contribution in [0.4, 0.5) is 0 Å². The summed E-state index contributed by atoms with van der Waals surface area (Å²) in [6.07, 6.45) is 3.72. The third-order valence-electron chi connectivity index (χ3n) is 2.14. The molecule has 0 aromatic carbocycles. The predicted octanol–water partition coefficient (Wildman–Crippen LogP) is 1.65. The average Bonchev–Trinajstić information content (AvgIpc) is 2.83. The molecule has 0 spiro atoms. The first kappa shape index (κ1) is 10.3. The zero-order chi connectivity index (χ0) is 10.7. The molecule has 2 aromatic heterocycles. The van der Waals surface area contributed by atoms with Crippen molar-refractivity contribution in [1.29, 1.82) is 0 Å². The van der Waals surface area contributed by atoms with E-state index in [1.54, 1.807) is 17.5 Å². The minimum Gasteiger partial charge on any atom is -0.312 e. The van der Waals surface area contributed by atoms with Crippen molar-refractivity contribution in [3.8, 4) is 10.7 Å². The van der Waals surface area contributed by atoms with E-state index in [0.717, 1.165) is 23.8 Å². The van der Waals surface area contributed by atoms with Crippen molar-refractivity contribution >= 4 is 11.3 Å². The number of nitrogens with zero attached hydrogens (tertiary/aromatic N) is 3. The first-order chi connectivity index (χ1) is 7.31. The highest BCUT2D eigenvalue weighted by Crippen LogP contribution is 2.23. The summed E-state index contributed by atoms with van der Waals surface area (Å²) in [4.78, 5) is 5.65. The van der Waals surface area contributed by atoms with Gasteiger partial charge in [-0.15, -0.1) is 11.3 Å². The van der Waals surface area contributed by atoms with Crippen LogP contribution in [0, 0.1) is 0 Å². The second kappa shape index (κ2) is 4.55. The molecule has 0 saturated heterocycles. The largest absolute Gasteiger partial charge is 0.312 e. The second-order valence-corrected chi connectivity index (χ2v) is 4.37. The molecule has 80 valence electrons. The molecule has 0 amide bonds. The van der Waals surface area contributed by atoms with Crippen LogP contribution >= 0.6 is 11.3 Å². The SMILES string of the molecule is CCNCc1cnc(-c2ccnn2C)s1. The molecule has 0 atom stereocenters. The van der Waals surface area contributed by atoms with E-state index in [1.807, 2.05) is 24.0 Å². The van der Waals surface area contributed by atoms with E-state index < -0.39 is 0 Å². The molecule has 4 nitrogen and oxygen atoms in total. The van der Waals surface area contributed by atoms with Gasteiger partial charge in [-0.25, -0.2) is 4.98 Å². The van der Waals surface area contributed by atoms with Gasteiger partial charge in [-0.2, -0.15) is 5.10 Å². The molecule has 2 rings (SSSR count). The highest BCUT2D eigenvalue weighted by Gasteiger charge is 2.07. The van der Waals surface area contributed by atoms with Gasteiger partial charge in [0.05, 0.1) is 5.69 Å². The number of hydrogen-bond acceptors (Lipinski definition) is 4. The number of nitrogens with one attached hydrogen (secondary N) is 1. The molecule has 2 aromatic rings. The summed E-state index contributed by atoms with van der Waals surface area (Å²) in [5, 5.41) is 8.45. The van der Waals surface area contributed by atoms with E-state index in [0.29, 0.717) is 0 Å². The van der Waals surface area contributed by atoms with Crippen LogP contribution in [0.15, 0.2) is 18.5 Å². The second-order valence-electron chi connectivity index (χ2n) is 3.25. The first-order valence-electron chi connectivity index (χ1n) is 4.95. The minimum atomic E-state index is 0.895. The Morgan fingerprint density at radius 1 is 1.53 bits per heavy atom. The molecule has 15 heavy (non-hydrogen) atoms. The highest BCUT2D eigenvalue weighted by molar-refractivity contribution is 7.15. The van der Waals surface area contributed by atoms with E-state index in [1.165, 1.54) is 4.88 Å². The Hall–Kier alpha value is -1.20. The number of thiazole rings is 1. The van der Waals surface area contributed by atoms with Crippen LogP contribution in [0.3, 0.4) is 0 Å². The summed E-state index contributed by atoms with van der Waals surface area (Å²) >= 11 is 1.71. The molecular weight excluding hydrogens is 208 g/mol. The third kappa shape index (κ3) is 2.24. The van der Waals surface area contributed by atoms with E-state index in [9.17, 15) is 0 Å².